The number of hydrogen-bond donors (Lipinski definition) is 1. The topological polar surface area (TPSA) is 32.6 Å². The number of hydrogen-bond acceptors (Lipinski definition) is 3. The van der Waals surface area contributed by atoms with E-state index < -0.39 is 11.7 Å². The molecule has 0 amide bonds. The predicted octanol–water partition coefficient (Wildman–Crippen LogP) is 5.22. The summed E-state index contributed by atoms with van der Waals surface area (Å²) in [7, 11) is 0. The fourth-order valence-electron chi connectivity index (χ4n) is 3.38. The van der Waals surface area contributed by atoms with Gasteiger partial charge in [-0.25, -0.2) is 4.98 Å². The zero-order valence-corrected chi connectivity index (χ0v) is 15.2. The van der Waals surface area contributed by atoms with Gasteiger partial charge in [0.25, 0.3) is 0 Å². The zero-order valence-electron chi connectivity index (χ0n) is 14.4. The van der Waals surface area contributed by atoms with Crippen molar-refractivity contribution in [2.45, 2.75) is 25.6 Å². The second-order valence-corrected chi connectivity index (χ2v) is 7.06. The Bertz CT molecular complexity index is 961. The number of imidazole rings is 1. The Kier molecular flexibility index (Phi) is 4.63. The number of rotatable bonds is 4. The first-order chi connectivity index (χ1) is 12.9. The minimum Gasteiger partial charge on any atom is -0.378 e. The fraction of sp³-hybridized carbons (Fsp3) is 0.316. The van der Waals surface area contributed by atoms with Crippen LogP contribution in [0.15, 0.2) is 42.7 Å². The van der Waals surface area contributed by atoms with E-state index in [0.29, 0.717) is 17.3 Å². The van der Waals surface area contributed by atoms with Gasteiger partial charge in [-0.3, -0.25) is 0 Å². The van der Waals surface area contributed by atoms with Crippen LogP contribution in [0, 0.1) is 0 Å². The van der Waals surface area contributed by atoms with Crippen molar-refractivity contribution in [3.8, 4) is 0 Å². The summed E-state index contributed by atoms with van der Waals surface area (Å²) < 4.78 is 41.2. The van der Waals surface area contributed by atoms with Crippen LogP contribution in [0.4, 0.5) is 24.5 Å². The van der Waals surface area contributed by atoms with Crippen LogP contribution in [-0.2, 0) is 12.7 Å². The van der Waals surface area contributed by atoms with Crippen molar-refractivity contribution in [1.29, 1.82) is 0 Å². The highest BCUT2D eigenvalue weighted by molar-refractivity contribution is 6.30. The first-order valence-electron chi connectivity index (χ1n) is 8.73. The van der Waals surface area contributed by atoms with E-state index in [9.17, 15) is 13.2 Å². The molecule has 4 nitrogen and oxygen atoms in total. The number of pyridine rings is 1. The van der Waals surface area contributed by atoms with E-state index in [0.717, 1.165) is 49.0 Å². The van der Waals surface area contributed by atoms with Crippen LogP contribution in [0.25, 0.3) is 5.65 Å². The van der Waals surface area contributed by atoms with Gasteiger partial charge in [-0.2, -0.15) is 13.2 Å². The largest absolute Gasteiger partial charge is 0.416 e. The molecule has 1 fully saturated rings. The van der Waals surface area contributed by atoms with E-state index in [1.54, 1.807) is 28.8 Å². The Morgan fingerprint density at radius 2 is 1.85 bits per heavy atom. The van der Waals surface area contributed by atoms with Crippen molar-refractivity contribution in [1.82, 2.24) is 9.38 Å². The predicted molar refractivity (Wildman–Crippen MR) is 100 cm³/mol. The summed E-state index contributed by atoms with van der Waals surface area (Å²) in [6, 6.07) is 7.43. The molecule has 3 aromatic rings. The van der Waals surface area contributed by atoms with Gasteiger partial charge in [0.1, 0.15) is 5.65 Å². The third kappa shape index (κ3) is 3.83. The van der Waals surface area contributed by atoms with Crippen LogP contribution >= 0.6 is 11.6 Å². The second kappa shape index (κ2) is 6.96. The lowest BCUT2D eigenvalue weighted by Gasteiger charge is -2.23. The molecule has 0 spiro atoms. The summed E-state index contributed by atoms with van der Waals surface area (Å²) in [5, 5.41) is 3.74. The molecule has 3 heterocycles. The molecular weight excluding hydrogens is 377 g/mol. The smallest absolute Gasteiger partial charge is 0.378 e. The van der Waals surface area contributed by atoms with Gasteiger partial charge in [0, 0.05) is 25.5 Å². The number of fused-ring (bicyclic) bond motifs is 1. The van der Waals surface area contributed by atoms with Crippen molar-refractivity contribution in [3.05, 3.63) is 59.0 Å². The third-order valence-electron chi connectivity index (χ3n) is 4.70. The zero-order chi connectivity index (χ0) is 19.0. The van der Waals surface area contributed by atoms with Crippen LogP contribution in [0.2, 0.25) is 5.02 Å². The summed E-state index contributed by atoms with van der Waals surface area (Å²) in [5.41, 5.74) is 2.07. The highest BCUT2D eigenvalue weighted by Crippen LogP contribution is 2.36. The van der Waals surface area contributed by atoms with Crippen LogP contribution in [0.3, 0.4) is 0 Å². The number of halogens is 4. The monoisotopic (exact) mass is 394 g/mol. The van der Waals surface area contributed by atoms with E-state index in [4.69, 9.17) is 11.6 Å². The van der Waals surface area contributed by atoms with Gasteiger partial charge in [-0.15, -0.1) is 0 Å². The Balaban J connectivity index is 1.61. The highest BCUT2D eigenvalue weighted by Gasteiger charge is 2.31. The Hall–Kier alpha value is -2.41. The molecule has 27 heavy (non-hydrogen) atoms. The molecule has 0 saturated carbocycles. The van der Waals surface area contributed by atoms with Gasteiger partial charge in [-0.05, 0) is 43.2 Å². The molecule has 1 saturated heterocycles. The molecular formula is C19H18ClF3N4. The van der Waals surface area contributed by atoms with Crippen molar-refractivity contribution in [3.63, 3.8) is 0 Å². The maximum atomic E-state index is 13.1. The number of benzene rings is 1. The summed E-state index contributed by atoms with van der Waals surface area (Å²) >= 11 is 5.98. The molecule has 8 heteroatoms. The first kappa shape index (κ1) is 18.0. The lowest BCUT2D eigenvalue weighted by Crippen LogP contribution is -2.20. The highest BCUT2D eigenvalue weighted by atomic mass is 35.5. The van der Waals surface area contributed by atoms with Crippen LogP contribution < -0.4 is 10.2 Å². The van der Waals surface area contributed by atoms with Crippen molar-refractivity contribution < 1.29 is 13.2 Å². The van der Waals surface area contributed by atoms with Gasteiger partial charge in [0.2, 0.25) is 0 Å². The molecule has 0 radical (unpaired) electrons. The Morgan fingerprint density at radius 3 is 2.59 bits per heavy atom. The van der Waals surface area contributed by atoms with E-state index in [1.807, 2.05) is 6.20 Å². The van der Waals surface area contributed by atoms with E-state index in [1.165, 1.54) is 6.07 Å². The standard InChI is InChI=1S/C19H18ClF3N4/c20-14-4-6-18-25-15(12-27(18)11-14)10-24-16-9-13(19(21,22)23)3-5-17(16)26-7-1-2-8-26/h3-6,9,11-12,24H,1-2,7-8,10H2. The minimum atomic E-state index is -4.38. The molecule has 1 aromatic carbocycles. The molecule has 0 bridgehead atoms. The Labute approximate surface area is 159 Å². The summed E-state index contributed by atoms with van der Waals surface area (Å²) in [5.74, 6) is 0. The average molecular weight is 395 g/mol. The molecule has 142 valence electrons. The number of anilines is 2. The number of aromatic nitrogens is 2. The van der Waals surface area contributed by atoms with E-state index in [-0.39, 0.29) is 0 Å². The molecule has 2 aromatic heterocycles. The van der Waals surface area contributed by atoms with Gasteiger partial charge in [0.15, 0.2) is 0 Å². The second-order valence-electron chi connectivity index (χ2n) is 6.62. The van der Waals surface area contributed by atoms with E-state index >= 15 is 0 Å². The van der Waals surface area contributed by atoms with Gasteiger partial charge < -0.3 is 14.6 Å². The first-order valence-corrected chi connectivity index (χ1v) is 9.11. The Morgan fingerprint density at radius 1 is 1.07 bits per heavy atom. The van der Waals surface area contributed by atoms with Crippen LogP contribution in [0.1, 0.15) is 24.1 Å². The molecule has 1 aliphatic heterocycles. The minimum absolute atomic E-state index is 0.321. The summed E-state index contributed by atoms with van der Waals surface area (Å²) in [6.07, 6.45) is 1.28. The summed E-state index contributed by atoms with van der Waals surface area (Å²) in [4.78, 5) is 6.59. The van der Waals surface area contributed by atoms with Gasteiger partial charge in [0.05, 0.1) is 34.2 Å². The van der Waals surface area contributed by atoms with Crippen LogP contribution in [-0.4, -0.2) is 22.5 Å². The summed E-state index contributed by atoms with van der Waals surface area (Å²) in [6.45, 7) is 2.03. The number of alkyl halides is 3. The molecule has 0 atom stereocenters. The maximum absolute atomic E-state index is 13.1. The molecule has 4 rings (SSSR count). The van der Waals surface area contributed by atoms with Crippen molar-refractivity contribution >= 4 is 28.6 Å². The number of nitrogens with zero attached hydrogens (tertiary/aromatic N) is 3. The van der Waals surface area contributed by atoms with Gasteiger partial charge >= 0.3 is 6.18 Å². The average Bonchev–Trinajstić information content (AvgIpc) is 3.28. The normalized spacial score (nSPS) is 14.9. The lowest BCUT2D eigenvalue weighted by molar-refractivity contribution is -0.137. The van der Waals surface area contributed by atoms with Crippen LogP contribution in [0.5, 0.6) is 0 Å². The molecule has 1 N–H and O–H groups in total. The third-order valence-corrected chi connectivity index (χ3v) is 4.92. The quantitative estimate of drug-likeness (QED) is 0.658. The molecule has 0 unspecified atom stereocenters. The number of nitrogens with one attached hydrogen (secondary N) is 1. The fourth-order valence-corrected chi connectivity index (χ4v) is 3.54. The van der Waals surface area contributed by atoms with Gasteiger partial charge in [-0.1, -0.05) is 11.6 Å². The van der Waals surface area contributed by atoms with E-state index in [2.05, 4.69) is 15.2 Å². The van der Waals surface area contributed by atoms with Crippen molar-refractivity contribution in [2.24, 2.45) is 0 Å². The molecule has 0 aliphatic carbocycles. The lowest BCUT2D eigenvalue weighted by atomic mass is 10.1. The molecule has 1 aliphatic rings. The maximum Gasteiger partial charge on any atom is 0.416 e. The van der Waals surface area contributed by atoms with Crippen molar-refractivity contribution in [2.75, 3.05) is 23.3 Å². The SMILES string of the molecule is FC(F)(F)c1ccc(N2CCCC2)c(NCc2cn3cc(Cl)ccc3n2)c1.